The van der Waals surface area contributed by atoms with Crippen LogP contribution in [0.25, 0.3) is 0 Å². The Morgan fingerprint density at radius 1 is 1.20 bits per heavy atom. The Kier molecular flexibility index (Phi) is 5.28. The number of hydrogen-bond donors (Lipinski definition) is 2. The molecule has 3 rings (SSSR count). The molecular weight excluding hydrogens is 319 g/mol. The first-order valence-electron chi connectivity index (χ1n) is 8.23. The number of rotatable bonds is 3. The first kappa shape index (κ1) is 17.0. The lowest BCUT2D eigenvalue weighted by molar-refractivity contribution is -0.115. The Morgan fingerprint density at radius 3 is 2.76 bits per heavy atom. The van der Waals surface area contributed by atoms with E-state index in [0.717, 1.165) is 19.5 Å². The summed E-state index contributed by atoms with van der Waals surface area (Å²) in [6.07, 6.45) is 0.951. The molecule has 0 unspecified atom stereocenters. The number of carbonyl (C=O) groups excluding carboxylic acids is 1. The van der Waals surface area contributed by atoms with Crippen LogP contribution in [0.1, 0.15) is 11.1 Å². The summed E-state index contributed by atoms with van der Waals surface area (Å²) in [5.41, 5.74) is 3.08. The summed E-state index contributed by atoms with van der Waals surface area (Å²) in [4.78, 5) is 18.4. The van der Waals surface area contributed by atoms with E-state index in [1.807, 2.05) is 6.07 Å². The largest absolute Gasteiger partial charge is 0.347 e. The molecule has 5 nitrogen and oxygen atoms in total. The number of carbonyl (C=O) groups is 1. The van der Waals surface area contributed by atoms with E-state index in [1.54, 1.807) is 19.2 Å². The number of anilines is 1. The third-order valence-electron chi connectivity index (χ3n) is 4.16. The lowest BCUT2D eigenvalue weighted by atomic mass is 10.0. The van der Waals surface area contributed by atoms with Crippen molar-refractivity contribution < 1.29 is 9.18 Å². The number of aliphatic imine (C=N–C) groups is 1. The fourth-order valence-corrected chi connectivity index (χ4v) is 2.94. The van der Waals surface area contributed by atoms with E-state index in [9.17, 15) is 9.18 Å². The van der Waals surface area contributed by atoms with Crippen molar-refractivity contribution in [1.29, 1.82) is 0 Å². The summed E-state index contributed by atoms with van der Waals surface area (Å²) >= 11 is 0. The molecule has 0 bridgehead atoms. The first-order valence-corrected chi connectivity index (χ1v) is 8.23. The van der Waals surface area contributed by atoms with Gasteiger partial charge >= 0.3 is 0 Å². The smallest absolute Gasteiger partial charge is 0.243 e. The van der Waals surface area contributed by atoms with Gasteiger partial charge in [-0.25, -0.2) is 4.39 Å². The topological polar surface area (TPSA) is 56.7 Å². The van der Waals surface area contributed by atoms with Gasteiger partial charge in [0.25, 0.3) is 0 Å². The molecule has 0 fully saturated rings. The minimum Gasteiger partial charge on any atom is -0.347 e. The number of nitrogens with zero attached hydrogens (tertiary/aromatic N) is 2. The second kappa shape index (κ2) is 7.79. The molecule has 1 amide bonds. The third-order valence-corrected chi connectivity index (χ3v) is 4.16. The lowest BCUT2D eigenvalue weighted by Crippen LogP contribution is -2.46. The van der Waals surface area contributed by atoms with Gasteiger partial charge in [0.05, 0.1) is 6.54 Å². The number of amides is 1. The molecule has 25 heavy (non-hydrogen) atoms. The highest BCUT2D eigenvalue weighted by molar-refractivity contribution is 5.95. The zero-order chi connectivity index (χ0) is 17.6. The van der Waals surface area contributed by atoms with Crippen molar-refractivity contribution in [1.82, 2.24) is 10.2 Å². The van der Waals surface area contributed by atoms with E-state index in [0.29, 0.717) is 11.6 Å². The van der Waals surface area contributed by atoms with Crippen LogP contribution in [0.3, 0.4) is 0 Å². The standard InChI is InChI=1S/C19H21FN4O/c1-21-19(24-10-9-14-5-2-3-6-15(14)13-24)22-12-18(25)23-17-8-4-7-16(20)11-17/h2-8,11H,9-10,12-13H2,1H3,(H,21,22)(H,23,25). The predicted molar refractivity (Wildman–Crippen MR) is 96.9 cm³/mol. The van der Waals surface area contributed by atoms with Crippen molar-refractivity contribution in [2.24, 2.45) is 4.99 Å². The number of nitrogens with one attached hydrogen (secondary N) is 2. The highest BCUT2D eigenvalue weighted by atomic mass is 19.1. The molecule has 1 aliphatic heterocycles. The molecule has 0 aliphatic carbocycles. The number of fused-ring (bicyclic) bond motifs is 1. The predicted octanol–water partition coefficient (Wildman–Crippen LogP) is 2.40. The number of guanidine groups is 1. The van der Waals surface area contributed by atoms with Crippen molar-refractivity contribution in [3.8, 4) is 0 Å². The molecule has 0 saturated heterocycles. The van der Waals surface area contributed by atoms with Crippen LogP contribution in [-0.2, 0) is 17.8 Å². The van der Waals surface area contributed by atoms with Crippen LogP contribution in [0.4, 0.5) is 10.1 Å². The molecule has 0 aromatic heterocycles. The van der Waals surface area contributed by atoms with Crippen LogP contribution in [0.5, 0.6) is 0 Å². The lowest BCUT2D eigenvalue weighted by Gasteiger charge is -2.31. The molecule has 2 N–H and O–H groups in total. The van der Waals surface area contributed by atoms with Crippen molar-refractivity contribution in [2.45, 2.75) is 13.0 Å². The quantitative estimate of drug-likeness (QED) is 0.666. The van der Waals surface area contributed by atoms with Crippen LogP contribution in [0.2, 0.25) is 0 Å². The summed E-state index contributed by atoms with van der Waals surface area (Å²) in [6.45, 7) is 1.69. The average Bonchev–Trinajstić information content (AvgIpc) is 2.62. The van der Waals surface area contributed by atoms with Crippen LogP contribution >= 0.6 is 0 Å². The first-order chi connectivity index (χ1) is 12.2. The highest BCUT2D eigenvalue weighted by Gasteiger charge is 2.19. The van der Waals surface area contributed by atoms with Crippen LogP contribution < -0.4 is 10.6 Å². The van der Waals surface area contributed by atoms with Gasteiger partial charge in [0.2, 0.25) is 5.91 Å². The van der Waals surface area contributed by atoms with E-state index >= 15 is 0 Å². The molecule has 1 aliphatic rings. The van der Waals surface area contributed by atoms with Crippen molar-refractivity contribution in [2.75, 3.05) is 25.5 Å². The van der Waals surface area contributed by atoms with Gasteiger partial charge in [-0.2, -0.15) is 0 Å². The zero-order valence-corrected chi connectivity index (χ0v) is 14.1. The maximum absolute atomic E-state index is 13.2. The Bertz CT molecular complexity index is 790. The molecule has 2 aromatic rings. The van der Waals surface area contributed by atoms with Crippen LogP contribution in [0.15, 0.2) is 53.5 Å². The summed E-state index contributed by atoms with van der Waals surface area (Å²) in [5.74, 6) is 0.0570. The molecular formula is C19H21FN4O. The van der Waals surface area contributed by atoms with Gasteiger partial charge in [-0.05, 0) is 35.7 Å². The second-order valence-corrected chi connectivity index (χ2v) is 5.90. The van der Waals surface area contributed by atoms with Gasteiger partial charge in [0, 0.05) is 25.8 Å². The maximum Gasteiger partial charge on any atom is 0.243 e. The van der Waals surface area contributed by atoms with E-state index in [-0.39, 0.29) is 18.3 Å². The van der Waals surface area contributed by atoms with Crippen molar-refractivity contribution in [3.05, 3.63) is 65.5 Å². The third kappa shape index (κ3) is 4.35. The summed E-state index contributed by atoms with van der Waals surface area (Å²) in [6, 6.07) is 14.2. The summed E-state index contributed by atoms with van der Waals surface area (Å²) in [5, 5.41) is 5.74. The molecule has 130 valence electrons. The average molecular weight is 340 g/mol. The molecule has 0 spiro atoms. The number of halogens is 1. The molecule has 6 heteroatoms. The van der Waals surface area contributed by atoms with Gasteiger partial charge in [0.15, 0.2) is 5.96 Å². The summed E-state index contributed by atoms with van der Waals surface area (Å²) < 4.78 is 13.2. The maximum atomic E-state index is 13.2. The molecule has 1 heterocycles. The fourth-order valence-electron chi connectivity index (χ4n) is 2.94. The molecule has 2 aromatic carbocycles. The molecule has 0 atom stereocenters. The van der Waals surface area contributed by atoms with Crippen molar-refractivity contribution >= 4 is 17.6 Å². The van der Waals surface area contributed by atoms with Crippen LogP contribution in [0, 0.1) is 5.82 Å². The normalized spacial score (nSPS) is 14.0. The van der Waals surface area contributed by atoms with Crippen LogP contribution in [-0.4, -0.2) is 36.9 Å². The fraction of sp³-hybridized carbons (Fsp3) is 0.263. The van der Waals surface area contributed by atoms with Crippen molar-refractivity contribution in [3.63, 3.8) is 0 Å². The molecule has 0 saturated carbocycles. The SMILES string of the molecule is CN=C(NCC(=O)Nc1cccc(F)c1)N1CCc2ccccc2C1. The Hall–Kier alpha value is -2.89. The van der Waals surface area contributed by atoms with Gasteiger partial charge < -0.3 is 15.5 Å². The number of benzene rings is 2. The Morgan fingerprint density at radius 2 is 2.00 bits per heavy atom. The van der Waals surface area contributed by atoms with Gasteiger partial charge in [-0.1, -0.05) is 30.3 Å². The van der Waals surface area contributed by atoms with Gasteiger partial charge in [-0.15, -0.1) is 0 Å². The minimum atomic E-state index is -0.381. The van der Waals surface area contributed by atoms with E-state index in [4.69, 9.17) is 0 Å². The molecule has 0 radical (unpaired) electrons. The van der Waals surface area contributed by atoms with E-state index in [2.05, 4.69) is 38.7 Å². The van der Waals surface area contributed by atoms with Gasteiger partial charge in [-0.3, -0.25) is 9.79 Å². The van der Waals surface area contributed by atoms with E-state index < -0.39 is 0 Å². The van der Waals surface area contributed by atoms with Gasteiger partial charge in [0.1, 0.15) is 5.82 Å². The number of hydrogen-bond acceptors (Lipinski definition) is 2. The van der Waals surface area contributed by atoms with E-state index in [1.165, 1.54) is 23.3 Å². The Balaban J connectivity index is 1.55. The highest BCUT2D eigenvalue weighted by Crippen LogP contribution is 2.18. The second-order valence-electron chi connectivity index (χ2n) is 5.90. The monoisotopic (exact) mass is 340 g/mol. The Labute approximate surface area is 146 Å². The zero-order valence-electron chi connectivity index (χ0n) is 14.1. The summed E-state index contributed by atoms with van der Waals surface area (Å²) in [7, 11) is 1.70. The minimum absolute atomic E-state index is 0.0708.